The van der Waals surface area contributed by atoms with E-state index in [2.05, 4.69) is 21.2 Å². The van der Waals surface area contributed by atoms with Crippen LogP contribution in [0.1, 0.15) is 5.56 Å². The molecule has 0 saturated carbocycles. The maximum Gasteiger partial charge on any atom is 0.142 e. The van der Waals surface area contributed by atoms with Crippen molar-refractivity contribution in [3.8, 4) is 0 Å². The molecule has 1 atom stereocenters. The summed E-state index contributed by atoms with van der Waals surface area (Å²) < 4.78 is 0. The SMILES string of the molecule is O=CC1C=C(c2ccncc2Nc2ccccc2)NN1. The minimum absolute atomic E-state index is 0.303. The quantitative estimate of drug-likeness (QED) is 0.737. The standard InChI is InChI=1S/C15H14N4O/c20-10-12-8-14(19-18-12)13-6-7-16-9-15(13)17-11-4-2-1-3-5-11/h1-10,12,17-19H. The Bertz CT molecular complexity index is 639. The Kier molecular flexibility index (Phi) is 3.43. The van der Waals surface area contributed by atoms with Crippen molar-refractivity contribution in [2.45, 2.75) is 6.04 Å². The first-order valence-corrected chi connectivity index (χ1v) is 6.32. The number of carbonyl (C=O) groups is 1. The molecule has 0 saturated heterocycles. The molecule has 1 aliphatic heterocycles. The van der Waals surface area contributed by atoms with Gasteiger partial charge in [-0.2, -0.15) is 0 Å². The van der Waals surface area contributed by atoms with Crippen LogP contribution in [-0.4, -0.2) is 17.3 Å². The molecule has 0 amide bonds. The molecule has 5 nitrogen and oxygen atoms in total. The molecular formula is C15H14N4O. The summed E-state index contributed by atoms with van der Waals surface area (Å²) in [5, 5.41) is 3.32. The number of aromatic nitrogens is 1. The smallest absolute Gasteiger partial charge is 0.142 e. The Morgan fingerprint density at radius 1 is 1.20 bits per heavy atom. The number of pyridine rings is 1. The molecule has 2 heterocycles. The largest absolute Gasteiger partial charge is 0.354 e. The molecule has 3 rings (SSSR count). The van der Waals surface area contributed by atoms with Crippen molar-refractivity contribution >= 4 is 23.4 Å². The van der Waals surface area contributed by atoms with Crippen molar-refractivity contribution in [3.05, 3.63) is 60.4 Å². The van der Waals surface area contributed by atoms with Gasteiger partial charge in [0, 0.05) is 17.4 Å². The number of carbonyl (C=O) groups excluding carboxylic acids is 1. The van der Waals surface area contributed by atoms with Gasteiger partial charge in [-0.05, 0) is 24.3 Å². The molecule has 100 valence electrons. The zero-order valence-corrected chi connectivity index (χ0v) is 10.7. The Balaban J connectivity index is 1.91. The van der Waals surface area contributed by atoms with Crippen molar-refractivity contribution in [2.24, 2.45) is 0 Å². The number of nitrogens with zero attached hydrogens (tertiary/aromatic N) is 1. The molecule has 1 aromatic heterocycles. The van der Waals surface area contributed by atoms with Gasteiger partial charge in [0.1, 0.15) is 12.3 Å². The normalized spacial score (nSPS) is 17.2. The van der Waals surface area contributed by atoms with Gasteiger partial charge in [0.05, 0.1) is 17.6 Å². The fourth-order valence-electron chi connectivity index (χ4n) is 2.06. The molecule has 2 aromatic rings. The van der Waals surface area contributed by atoms with Crippen molar-refractivity contribution < 1.29 is 4.79 Å². The number of hydrazine groups is 1. The fourth-order valence-corrected chi connectivity index (χ4v) is 2.06. The molecule has 0 aliphatic carbocycles. The van der Waals surface area contributed by atoms with Crippen LogP contribution in [0.2, 0.25) is 0 Å². The van der Waals surface area contributed by atoms with Crippen LogP contribution in [0.15, 0.2) is 54.9 Å². The minimum Gasteiger partial charge on any atom is -0.354 e. The van der Waals surface area contributed by atoms with Gasteiger partial charge in [-0.3, -0.25) is 4.98 Å². The summed E-state index contributed by atoms with van der Waals surface area (Å²) in [6.07, 6.45) is 6.19. The highest BCUT2D eigenvalue weighted by atomic mass is 16.1. The fraction of sp³-hybridized carbons (Fsp3) is 0.0667. The average Bonchev–Trinajstić information content (AvgIpc) is 2.98. The molecule has 0 fully saturated rings. The van der Waals surface area contributed by atoms with Gasteiger partial charge in [0.25, 0.3) is 0 Å². The summed E-state index contributed by atoms with van der Waals surface area (Å²) in [6, 6.07) is 11.5. The first-order valence-electron chi connectivity index (χ1n) is 6.32. The number of benzene rings is 1. The lowest BCUT2D eigenvalue weighted by molar-refractivity contribution is -0.108. The number of rotatable bonds is 4. The van der Waals surface area contributed by atoms with E-state index < -0.39 is 0 Å². The van der Waals surface area contributed by atoms with E-state index in [1.54, 1.807) is 12.4 Å². The second-order valence-corrected chi connectivity index (χ2v) is 4.42. The minimum atomic E-state index is -0.303. The molecule has 3 N–H and O–H groups in total. The van der Waals surface area contributed by atoms with Crippen LogP contribution in [0.4, 0.5) is 11.4 Å². The summed E-state index contributed by atoms with van der Waals surface area (Å²) in [5.74, 6) is 0. The van der Waals surface area contributed by atoms with Crippen molar-refractivity contribution in [2.75, 3.05) is 5.32 Å². The Morgan fingerprint density at radius 3 is 2.80 bits per heavy atom. The zero-order chi connectivity index (χ0) is 13.8. The average molecular weight is 266 g/mol. The molecule has 0 spiro atoms. The molecule has 1 aliphatic rings. The first-order chi connectivity index (χ1) is 9.86. The maximum atomic E-state index is 10.8. The third-order valence-electron chi connectivity index (χ3n) is 3.03. The maximum absolute atomic E-state index is 10.8. The number of aldehydes is 1. The summed E-state index contributed by atoms with van der Waals surface area (Å²) in [7, 11) is 0. The number of para-hydroxylation sites is 1. The summed E-state index contributed by atoms with van der Waals surface area (Å²) in [6.45, 7) is 0. The van der Waals surface area contributed by atoms with E-state index in [9.17, 15) is 4.79 Å². The van der Waals surface area contributed by atoms with E-state index in [1.165, 1.54) is 0 Å². The van der Waals surface area contributed by atoms with Gasteiger partial charge in [-0.25, -0.2) is 5.43 Å². The lowest BCUT2D eigenvalue weighted by atomic mass is 10.1. The highest BCUT2D eigenvalue weighted by molar-refractivity contribution is 5.81. The first kappa shape index (κ1) is 12.4. The molecular weight excluding hydrogens is 252 g/mol. The lowest BCUT2D eigenvalue weighted by Gasteiger charge is -2.12. The number of anilines is 2. The molecule has 1 aromatic carbocycles. The van der Waals surface area contributed by atoms with Gasteiger partial charge < -0.3 is 15.5 Å². The molecule has 0 radical (unpaired) electrons. The highest BCUT2D eigenvalue weighted by Gasteiger charge is 2.17. The summed E-state index contributed by atoms with van der Waals surface area (Å²) in [4.78, 5) is 14.9. The van der Waals surface area contributed by atoms with E-state index in [-0.39, 0.29) is 6.04 Å². The van der Waals surface area contributed by atoms with Crippen LogP contribution in [0.3, 0.4) is 0 Å². The van der Waals surface area contributed by atoms with E-state index in [0.29, 0.717) is 0 Å². The van der Waals surface area contributed by atoms with Crippen molar-refractivity contribution in [1.82, 2.24) is 15.8 Å². The third-order valence-corrected chi connectivity index (χ3v) is 3.03. The van der Waals surface area contributed by atoms with Crippen LogP contribution in [0.5, 0.6) is 0 Å². The van der Waals surface area contributed by atoms with Gasteiger partial charge >= 0.3 is 0 Å². The topological polar surface area (TPSA) is 66.0 Å². The number of hydrogen-bond acceptors (Lipinski definition) is 5. The third kappa shape index (κ3) is 2.53. The van der Waals surface area contributed by atoms with Crippen molar-refractivity contribution in [3.63, 3.8) is 0 Å². The van der Waals surface area contributed by atoms with Gasteiger partial charge in [-0.15, -0.1) is 0 Å². The Morgan fingerprint density at radius 2 is 2.05 bits per heavy atom. The van der Waals surface area contributed by atoms with Crippen LogP contribution >= 0.6 is 0 Å². The Hall–Kier alpha value is -2.66. The molecule has 20 heavy (non-hydrogen) atoms. The van der Waals surface area contributed by atoms with E-state index in [4.69, 9.17) is 0 Å². The van der Waals surface area contributed by atoms with Gasteiger partial charge in [0.2, 0.25) is 0 Å². The second kappa shape index (κ2) is 5.54. The highest BCUT2D eigenvalue weighted by Crippen LogP contribution is 2.25. The van der Waals surface area contributed by atoms with Crippen LogP contribution in [0, 0.1) is 0 Å². The van der Waals surface area contributed by atoms with Gasteiger partial charge in [0.15, 0.2) is 0 Å². The second-order valence-electron chi connectivity index (χ2n) is 4.42. The molecule has 1 unspecified atom stereocenters. The summed E-state index contributed by atoms with van der Waals surface area (Å²) >= 11 is 0. The number of hydrogen-bond donors (Lipinski definition) is 3. The lowest BCUT2D eigenvalue weighted by Crippen LogP contribution is -2.32. The monoisotopic (exact) mass is 266 g/mol. The number of nitrogens with one attached hydrogen (secondary N) is 3. The van der Waals surface area contributed by atoms with E-state index in [0.717, 1.165) is 28.9 Å². The van der Waals surface area contributed by atoms with E-state index >= 15 is 0 Å². The van der Waals surface area contributed by atoms with Crippen LogP contribution < -0.4 is 16.2 Å². The molecule has 0 bridgehead atoms. The van der Waals surface area contributed by atoms with Crippen LogP contribution in [0.25, 0.3) is 5.70 Å². The van der Waals surface area contributed by atoms with Gasteiger partial charge in [-0.1, -0.05) is 18.2 Å². The predicted octanol–water partition coefficient (Wildman–Crippen LogP) is 1.84. The zero-order valence-electron chi connectivity index (χ0n) is 10.7. The molecule has 5 heteroatoms. The van der Waals surface area contributed by atoms with Crippen LogP contribution in [-0.2, 0) is 4.79 Å². The Labute approximate surface area is 116 Å². The summed E-state index contributed by atoms with van der Waals surface area (Å²) in [5.41, 5.74) is 9.59. The van der Waals surface area contributed by atoms with Crippen molar-refractivity contribution in [1.29, 1.82) is 0 Å². The van der Waals surface area contributed by atoms with E-state index in [1.807, 2.05) is 42.5 Å². The predicted molar refractivity (Wildman–Crippen MR) is 78.1 cm³/mol.